The minimum absolute atomic E-state index is 0.0493. The van der Waals surface area contributed by atoms with E-state index in [0.29, 0.717) is 12.4 Å². The quantitative estimate of drug-likeness (QED) is 0.189. The Balaban J connectivity index is 1.94. The molecule has 0 N–H and O–H groups in total. The molecule has 0 aliphatic heterocycles. The monoisotopic (exact) mass is 410 g/mol. The largest absolute Gasteiger partial charge is 0.497 e. The summed E-state index contributed by atoms with van der Waals surface area (Å²) in [6.07, 6.45) is 2.03. The van der Waals surface area contributed by atoms with Crippen LogP contribution in [0, 0.1) is 0 Å². The molecule has 3 aromatic carbocycles. The number of unbranched alkanes of at least 4 members (excludes halogenated alkanes) is 1. The summed E-state index contributed by atoms with van der Waals surface area (Å²) in [4.78, 5) is 3.12. The van der Waals surface area contributed by atoms with Gasteiger partial charge in [0.2, 0.25) is 0 Å². The first-order valence-corrected chi connectivity index (χ1v) is 10.8. The lowest BCUT2D eigenvalue weighted by molar-refractivity contribution is 0.000603. The lowest BCUT2D eigenvalue weighted by Crippen LogP contribution is -2.17. The molecular weight excluding hydrogens is 388 g/mol. The fourth-order valence-electron chi connectivity index (χ4n) is 2.91. The van der Waals surface area contributed by atoms with Gasteiger partial charge in [0.1, 0.15) is 11.5 Å². The van der Waals surface area contributed by atoms with Gasteiger partial charge in [-0.2, -0.15) is 4.79 Å². The third-order valence-electron chi connectivity index (χ3n) is 4.54. The summed E-state index contributed by atoms with van der Waals surface area (Å²) in [5.41, 5.74) is 9.69. The molecule has 150 valence electrons. The molecule has 6 nitrogen and oxygen atoms in total. The van der Waals surface area contributed by atoms with E-state index >= 15 is 0 Å². The van der Waals surface area contributed by atoms with E-state index in [2.05, 4.69) is 11.7 Å². The number of nitrogens with zero attached hydrogens (tertiary/aromatic N) is 2. The van der Waals surface area contributed by atoms with Gasteiger partial charge in [-0.3, -0.25) is 0 Å². The molecule has 0 amide bonds. The van der Waals surface area contributed by atoms with Crippen LogP contribution in [0.1, 0.15) is 25.3 Å². The van der Waals surface area contributed by atoms with Crippen LogP contribution in [0.3, 0.4) is 0 Å². The van der Waals surface area contributed by atoms with E-state index in [4.69, 9.17) is 9.47 Å². The Hall–Kier alpha value is -3.15. The van der Waals surface area contributed by atoms with Gasteiger partial charge in [0, 0.05) is 0 Å². The van der Waals surface area contributed by atoms with E-state index < -0.39 is 14.9 Å². The maximum Gasteiger partial charge on any atom is 0.416 e. The van der Waals surface area contributed by atoms with Crippen LogP contribution in [-0.4, -0.2) is 32.0 Å². The van der Waals surface area contributed by atoms with E-state index in [9.17, 15) is 13.9 Å². The smallest absolute Gasteiger partial charge is 0.416 e. The van der Waals surface area contributed by atoms with Crippen LogP contribution in [0.4, 0.5) is 0 Å². The van der Waals surface area contributed by atoms with Crippen LogP contribution in [0.15, 0.2) is 65.6 Å². The Bertz CT molecular complexity index is 1170. The van der Waals surface area contributed by atoms with Crippen molar-refractivity contribution in [3.63, 3.8) is 0 Å². The van der Waals surface area contributed by atoms with Gasteiger partial charge >= 0.3 is 5.04 Å². The molecule has 7 heteroatoms. The van der Waals surface area contributed by atoms with Crippen molar-refractivity contribution in [3.8, 4) is 11.5 Å². The first-order chi connectivity index (χ1) is 14.0. The van der Waals surface area contributed by atoms with Gasteiger partial charge in [-0.25, -0.2) is 8.42 Å². The van der Waals surface area contributed by atoms with Crippen LogP contribution < -0.4 is 9.47 Å². The Kier molecular flexibility index (Phi) is 6.32. The Morgan fingerprint density at radius 3 is 2.28 bits per heavy atom. The Morgan fingerprint density at radius 1 is 0.966 bits per heavy atom. The van der Waals surface area contributed by atoms with E-state index in [1.54, 1.807) is 24.3 Å². The minimum atomic E-state index is -4.01. The molecule has 0 saturated heterocycles. The van der Waals surface area contributed by atoms with Crippen LogP contribution in [0.25, 0.3) is 16.3 Å². The molecular formula is C22H22N2O4S. The molecule has 0 atom stereocenters. The summed E-state index contributed by atoms with van der Waals surface area (Å²) in [6, 6.07) is 16.6. The highest BCUT2D eigenvalue weighted by molar-refractivity contribution is 8.06. The number of hydrogen-bond acceptors (Lipinski definition) is 4. The predicted octanol–water partition coefficient (Wildman–Crippen LogP) is 4.48. The maximum atomic E-state index is 13.1. The van der Waals surface area contributed by atoms with Gasteiger partial charge in [0.15, 0.2) is 0 Å². The van der Waals surface area contributed by atoms with Crippen molar-refractivity contribution >= 4 is 25.7 Å². The molecule has 0 heterocycles. The zero-order valence-electron chi connectivity index (χ0n) is 16.3. The van der Waals surface area contributed by atoms with Gasteiger partial charge in [0.25, 0.3) is 9.84 Å². The summed E-state index contributed by atoms with van der Waals surface area (Å²) in [5, 5.41) is 1.20. The summed E-state index contributed by atoms with van der Waals surface area (Å²) in [7, 11) is -2.50. The lowest BCUT2D eigenvalue weighted by Gasteiger charge is -2.08. The molecule has 0 spiro atoms. The standard InChI is InChI=1S/C22H22N2O4S/c1-3-4-13-28-20-11-7-18-15-21(12-8-17(18)14-20)29(25,26)22(24-23)16-5-9-19(27-2)10-6-16/h5-12,14-15H,3-4,13H2,1-2H3. The van der Waals surface area contributed by atoms with Gasteiger partial charge in [-0.1, -0.05) is 25.5 Å². The van der Waals surface area contributed by atoms with E-state index in [1.165, 1.54) is 25.3 Å². The van der Waals surface area contributed by atoms with E-state index in [1.807, 2.05) is 18.2 Å². The minimum Gasteiger partial charge on any atom is -0.497 e. The summed E-state index contributed by atoms with van der Waals surface area (Å²) >= 11 is 0. The average Bonchev–Trinajstić information content (AvgIpc) is 2.74. The summed E-state index contributed by atoms with van der Waals surface area (Å²) in [6.45, 7) is 2.74. The number of hydrogen-bond donors (Lipinski definition) is 0. The highest BCUT2D eigenvalue weighted by Crippen LogP contribution is 2.26. The maximum absolute atomic E-state index is 13.1. The van der Waals surface area contributed by atoms with Gasteiger partial charge in [0.05, 0.1) is 24.2 Å². The number of sulfone groups is 1. The fraction of sp³-hybridized carbons (Fsp3) is 0.227. The summed E-state index contributed by atoms with van der Waals surface area (Å²) < 4.78 is 36.9. The molecule has 0 aromatic heterocycles. The molecule has 0 fully saturated rings. The molecule has 29 heavy (non-hydrogen) atoms. The van der Waals surface area contributed by atoms with Crippen molar-refractivity contribution in [1.29, 1.82) is 0 Å². The van der Waals surface area contributed by atoms with Crippen molar-refractivity contribution < 1.29 is 22.7 Å². The molecule has 0 unspecified atom stereocenters. The first-order valence-electron chi connectivity index (χ1n) is 9.27. The number of fused-ring (bicyclic) bond motifs is 1. The SMILES string of the molecule is CCCCOc1ccc2cc(S(=O)(=O)C(=[N+]=[N-])c3ccc(OC)cc3)ccc2c1. The number of methoxy groups -OCH3 is 1. The normalized spacial score (nSPS) is 11.1. The molecule has 3 rings (SSSR count). The zero-order valence-corrected chi connectivity index (χ0v) is 17.1. The third-order valence-corrected chi connectivity index (χ3v) is 6.24. The van der Waals surface area contributed by atoms with Crippen LogP contribution in [-0.2, 0) is 9.84 Å². The van der Waals surface area contributed by atoms with Crippen LogP contribution in [0.5, 0.6) is 11.5 Å². The lowest BCUT2D eigenvalue weighted by atomic mass is 10.1. The van der Waals surface area contributed by atoms with Crippen molar-refractivity contribution in [2.75, 3.05) is 13.7 Å². The second kappa shape index (κ2) is 8.90. The summed E-state index contributed by atoms with van der Waals surface area (Å²) in [5.74, 6) is 1.32. The second-order valence-corrected chi connectivity index (χ2v) is 8.37. The first kappa shape index (κ1) is 20.6. The van der Waals surface area contributed by atoms with Gasteiger partial charge < -0.3 is 15.0 Å². The average molecular weight is 410 g/mol. The van der Waals surface area contributed by atoms with Crippen molar-refractivity contribution in [2.45, 2.75) is 24.7 Å². The molecule has 3 aromatic rings. The number of ether oxygens (including phenoxy) is 2. The molecule has 0 aliphatic carbocycles. The van der Waals surface area contributed by atoms with Gasteiger partial charge in [-0.15, -0.1) is 0 Å². The van der Waals surface area contributed by atoms with Crippen LogP contribution >= 0.6 is 0 Å². The highest BCUT2D eigenvalue weighted by Gasteiger charge is 2.32. The number of benzene rings is 3. The van der Waals surface area contributed by atoms with Crippen LogP contribution in [0.2, 0.25) is 0 Å². The molecule has 0 saturated carbocycles. The van der Waals surface area contributed by atoms with E-state index in [-0.39, 0.29) is 10.5 Å². The zero-order chi connectivity index (χ0) is 20.9. The topological polar surface area (TPSA) is 89.0 Å². The molecule has 0 aliphatic rings. The molecule has 0 radical (unpaired) electrons. The van der Waals surface area contributed by atoms with E-state index in [0.717, 1.165) is 29.4 Å². The molecule has 0 bridgehead atoms. The Labute approximate surface area is 170 Å². The van der Waals surface area contributed by atoms with Crippen molar-refractivity contribution in [1.82, 2.24) is 0 Å². The van der Waals surface area contributed by atoms with Gasteiger partial charge in [-0.05, 0) is 65.7 Å². The highest BCUT2D eigenvalue weighted by atomic mass is 32.2. The second-order valence-electron chi connectivity index (χ2n) is 6.51. The predicted molar refractivity (Wildman–Crippen MR) is 112 cm³/mol. The van der Waals surface area contributed by atoms with Crippen molar-refractivity contribution in [3.05, 3.63) is 71.8 Å². The third kappa shape index (κ3) is 4.47. The fourth-order valence-corrected chi connectivity index (χ4v) is 4.21. The number of rotatable bonds is 7. The van der Waals surface area contributed by atoms with Crippen molar-refractivity contribution in [2.24, 2.45) is 0 Å². The Morgan fingerprint density at radius 2 is 1.62 bits per heavy atom.